The molecule has 0 aliphatic rings. The van der Waals surface area contributed by atoms with Crippen LogP contribution < -0.4 is 11.2 Å². The van der Waals surface area contributed by atoms with Gasteiger partial charge >= 0.3 is 6.09 Å². The average molecular weight is 174 g/mol. The molecule has 0 atom stereocenters. The summed E-state index contributed by atoms with van der Waals surface area (Å²) in [7, 11) is 0. The number of nitrogens with two attached hydrogens (primary N) is 1. The van der Waals surface area contributed by atoms with Gasteiger partial charge in [-0.05, 0) is 0 Å². The fourth-order valence-electron chi connectivity index (χ4n) is 0.139. The zero-order chi connectivity index (χ0) is 9.98. The van der Waals surface area contributed by atoms with Gasteiger partial charge in [0.1, 0.15) is 6.61 Å². The van der Waals surface area contributed by atoms with E-state index in [4.69, 9.17) is 11.5 Å². The summed E-state index contributed by atoms with van der Waals surface area (Å²) in [6, 6.07) is 0. The van der Waals surface area contributed by atoms with E-state index in [0.29, 0.717) is 0 Å². The number of carbonyl (C=O) groups excluding carboxylic acids is 1. The third kappa shape index (κ3) is 41.0. The molecule has 0 aromatic heterocycles. The second-order valence-corrected chi connectivity index (χ2v) is 1.51. The van der Waals surface area contributed by atoms with E-state index in [1.807, 2.05) is 0 Å². The number of amides is 2. The summed E-state index contributed by atoms with van der Waals surface area (Å²) in [6.45, 7) is 1.26. The highest BCUT2D eigenvalue weighted by Crippen LogP contribution is 1.62. The molecule has 2 amide bonds. The topological polar surface area (TPSA) is 102 Å². The molecule has 0 aliphatic carbocycles. The molecular weight excluding hydrogens is 164 g/mol. The van der Waals surface area contributed by atoms with Gasteiger partial charge in [-0.1, -0.05) is 5.92 Å². The van der Waals surface area contributed by atoms with Crippen LogP contribution in [0.4, 0.5) is 4.79 Å². The smallest absolute Gasteiger partial charge is 0.428 e. The van der Waals surface area contributed by atoms with E-state index < -0.39 is 6.09 Å². The van der Waals surface area contributed by atoms with Gasteiger partial charge in [-0.3, -0.25) is 9.63 Å². The lowest BCUT2D eigenvalue weighted by Crippen LogP contribution is -2.20. The molecule has 0 spiro atoms. The molecule has 0 radical (unpaired) electrons. The van der Waals surface area contributed by atoms with Crippen molar-refractivity contribution in [2.75, 3.05) is 6.61 Å². The second-order valence-electron chi connectivity index (χ2n) is 1.51. The number of nitrogens with one attached hydrogen (secondary N) is 1. The Balaban J connectivity index is 0. The maximum absolute atomic E-state index is 9.57. The minimum Gasteiger partial charge on any atom is -0.464 e. The van der Waals surface area contributed by atoms with Gasteiger partial charge < -0.3 is 10.8 Å². The monoisotopic (exact) mass is 174 g/mol. The first-order valence-corrected chi connectivity index (χ1v) is 2.81. The van der Waals surface area contributed by atoms with Crippen LogP contribution >= 0.6 is 0 Å². The Morgan fingerprint density at radius 2 is 2.17 bits per heavy atom. The molecule has 6 heteroatoms. The SMILES string of the molecule is C#CCONC(=O)O.CC(N)=O. The Hall–Kier alpha value is -1.74. The molecule has 0 saturated carbocycles. The maximum Gasteiger partial charge on any atom is 0.428 e. The van der Waals surface area contributed by atoms with Crippen LogP contribution in [-0.2, 0) is 9.63 Å². The van der Waals surface area contributed by atoms with Crippen LogP contribution in [0.2, 0.25) is 0 Å². The Morgan fingerprint density at radius 1 is 1.75 bits per heavy atom. The molecule has 4 N–H and O–H groups in total. The van der Waals surface area contributed by atoms with Gasteiger partial charge in [-0.2, -0.15) is 5.48 Å². The molecule has 0 aliphatic heterocycles. The lowest BCUT2D eigenvalue weighted by atomic mass is 10.8. The van der Waals surface area contributed by atoms with E-state index in [1.54, 1.807) is 5.48 Å². The van der Waals surface area contributed by atoms with Crippen molar-refractivity contribution in [2.24, 2.45) is 5.73 Å². The van der Waals surface area contributed by atoms with Gasteiger partial charge in [0.15, 0.2) is 0 Å². The van der Waals surface area contributed by atoms with Crippen molar-refractivity contribution in [2.45, 2.75) is 6.92 Å². The highest BCUT2D eigenvalue weighted by atomic mass is 16.7. The molecule has 0 unspecified atom stereocenters. The van der Waals surface area contributed by atoms with E-state index in [-0.39, 0.29) is 12.5 Å². The highest BCUT2D eigenvalue weighted by Gasteiger charge is 1.88. The first-order chi connectivity index (χ1) is 5.50. The highest BCUT2D eigenvalue weighted by molar-refractivity contribution is 5.70. The van der Waals surface area contributed by atoms with Gasteiger partial charge in [-0.25, -0.2) is 4.79 Å². The summed E-state index contributed by atoms with van der Waals surface area (Å²) in [5, 5.41) is 7.84. The van der Waals surface area contributed by atoms with Crippen LogP contribution in [0.1, 0.15) is 6.92 Å². The third-order valence-corrected chi connectivity index (χ3v) is 0.315. The number of hydrogen-bond donors (Lipinski definition) is 3. The normalized spacial score (nSPS) is 7.00. The minimum atomic E-state index is -1.25. The van der Waals surface area contributed by atoms with Crippen LogP contribution in [0.15, 0.2) is 0 Å². The number of carbonyl (C=O) groups is 2. The number of primary amides is 1. The summed E-state index contributed by atoms with van der Waals surface area (Å²) in [5.41, 5.74) is 6.09. The van der Waals surface area contributed by atoms with E-state index in [0.717, 1.165) is 0 Å². The Kier molecular flexibility index (Phi) is 9.95. The largest absolute Gasteiger partial charge is 0.464 e. The van der Waals surface area contributed by atoms with E-state index in [9.17, 15) is 9.59 Å². The lowest BCUT2D eigenvalue weighted by Gasteiger charge is -1.93. The van der Waals surface area contributed by atoms with Crippen molar-refractivity contribution < 1.29 is 19.5 Å². The molecule has 0 aromatic rings. The molecule has 68 valence electrons. The molecule has 12 heavy (non-hydrogen) atoms. The predicted octanol–water partition coefficient (Wildman–Crippen LogP) is -0.690. The Bertz CT molecular complexity index is 180. The van der Waals surface area contributed by atoms with Crippen molar-refractivity contribution in [3.63, 3.8) is 0 Å². The molecule has 0 heterocycles. The zero-order valence-electron chi connectivity index (χ0n) is 6.53. The fourth-order valence-corrected chi connectivity index (χ4v) is 0.139. The van der Waals surface area contributed by atoms with Crippen LogP contribution in [0, 0.1) is 12.3 Å². The quantitative estimate of drug-likeness (QED) is 0.293. The van der Waals surface area contributed by atoms with Gasteiger partial charge in [0, 0.05) is 6.92 Å². The Labute approximate surface area is 69.6 Å². The summed E-state index contributed by atoms with van der Waals surface area (Å²) in [5.74, 6) is 1.74. The van der Waals surface area contributed by atoms with Gasteiger partial charge in [0.2, 0.25) is 5.91 Å². The van der Waals surface area contributed by atoms with Crippen molar-refractivity contribution in [3.8, 4) is 12.3 Å². The minimum absolute atomic E-state index is 0.0493. The fraction of sp³-hybridized carbons (Fsp3) is 0.333. The molecular formula is C6H10N2O4. The summed E-state index contributed by atoms with van der Waals surface area (Å²) >= 11 is 0. The maximum atomic E-state index is 9.57. The van der Waals surface area contributed by atoms with Crippen molar-refractivity contribution >= 4 is 12.0 Å². The van der Waals surface area contributed by atoms with Crippen molar-refractivity contribution in [1.29, 1.82) is 0 Å². The summed E-state index contributed by atoms with van der Waals surface area (Å²) < 4.78 is 0. The first-order valence-electron chi connectivity index (χ1n) is 2.81. The standard InChI is InChI=1S/C4H5NO3.C2H5NO/c1-2-3-8-5-4(6)7;1-2(3)4/h1,5H,3H2,(H,6,7);1H3,(H2,3,4). The van der Waals surface area contributed by atoms with E-state index >= 15 is 0 Å². The predicted molar refractivity (Wildman–Crippen MR) is 40.8 cm³/mol. The van der Waals surface area contributed by atoms with Crippen LogP contribution in [0.3, 0.4) is 0 Å². The van der Waals surface area contributed by atoms with Crippen molar-refractivity contribution in [3.05, 3.63) is 0 Å². The van der Waals surface area contributed by atoms with Crippen molar-refractivity contribution in [1.82, 2.24) is 5.48 Å². The summed E-state index contributed by atoms with van der Waals surface area (Å²) in [6.07, 6.45) is 3.46. The molecule has 0 aromatic carbocycles. The van der Waals surface area contributed by atoms with Gasteiger partial charge in [0.05, 0.1) is 0 Å². The lowest BCUT2D eigenvalue weighted by molar-refractivity contribution is -0.115. The van der Waals surface area contributed by atoms with Gasteiger partial charge in [0.25, 0.3) is 0 Å². The zero-order valence-corrected chi connectivity index (χ0v) is 6.53. The molecule has 0 bridgehead atoms. The molecule has 0 saturated heterocycles. The van der Waals surface area contributed by atoms with Crippen LogP contribution in [-0.4, -0.2) is 23.7 Å². The van der Waals surface area contributed by atoms with E-state index in [2.05, 4.69) is 16.5 Å². The molecule has 0 rings (SSSR count). The number of hydroxylamine groups is 1. The van der Waals surface area contributed by atoms with Crippen LogP contribution in [0.5, 0.6) is 0 Å². The Morgan fingerprint density at radius 3 is 2.42 bits per heavy atom. The summed E-state index contributed by atoms with van der Waals surface area (Å²) in [4.78, 5) is 23.0. The average Bonchev–Trinajstić information content (AvgIpc) is 1.86. The van der Waals surface area contributed by atoms with Gasteiger partial charge in [-0.15, -0.1) is 6.42 Å². The van der Waals surface area contributed by atoms with Crippen LogP contribution in [0.25, 0.3) is 0 Å². The molecule has 0 fully saturated rings. The molecule has 6 nitrogen and oxygen atoms in total. The second kappa shape index (κ2) is 9.26. The third-order valence-electron chi connectivity index (χ3n) is 0.315. The number of carboxylic acid groups (broad SMARTS) is 1. The number of hydrogen-bond acceptors (Lipinski definition) is 3. The van der Waals surface area contributed by atoms with E-state index in [1.165, 1.54) is 6.92 Å². The number of rotatable bonds is 2. The number of terminal acetylenes is 1. The first kappa shape index (κ1) is 12.9.